The minimum absolute atomic E-state index is 0. The maximum absolute atomic E-state index is 3.95. The van der Waals surface area contributed by atoms with Crippen LogP contribution in [0.25, 0.3) is 11.2 Å². The number of aromatic amines is 1. The first-order valence-corrected chi connectivity index (χ1v) is 2.68. The van der Waals surface area contributed by atoms with Gasteiger partial charge in [-0.05, 0) is 0 Å². The normalized spacial score (nSPS) is 10.8. The molecule has 0 aliphatic carbocycles. The van der Waals surface area contributed by atoms with E-state index in [2.05, 4.69) is 15.1 Å². The molecule has 2 aromatic rings. The number of aromatic nitrogens is 4. The van der Waals surface area contributed by atoms with E-state index < -0.39 is 0 Å². The second-order valence-corrected chi connectivity index (χ2v) is 1.93. The Morgan fingerprint density at radius 1 is 1.78 bits per heavy atom. The average molecular weight is 124 g/mol. The van der Waals surface area contributed by atoms with E-state index in [-0.39, 0.29) is 1.43 Å². The highest BCUT2D eigenvalue weighted by atomic mass is 15.3. The summed E-state index contributed by atoms with van der Waals surface area (Å²) in [7, 11) is 1.92. The molecular weight excluding hydrogens is 116 g/mol. The molecule has 0 aliphatic rings. The van der Waals surface area contributed by atoms with Gasteiger partial charge in [0.15, 0.2) is 5.65 Å². The fourth-order valence-electron chi connectivity index (χ4n) is 0.820. The van der Waals surface area contributed by atoms with Crippen LogP contribution in [-0.4, -0.2) is 19.7 Å². The molecule has 0 amide bonds. The van der Waals surface area contributed by atoms with Crippen LogP contribution in [0.15, 0.2) is 12.5 Å². The maximum Gasteiger partial charge on any atom is 0.173 e. The van der Waals surface area contributed by atoms with Crippen LogP contribution in [0.1, 0.15) is 1.43 Å². The van der Waals surface area contributed by atoms with Crippen molar-refractivity contribution < 1.29 is 1.43 Å². The summed E-state index contributed by atoms with van der Waals surface area (Å²) < 4.78 is 1.87. The Morgan fingerprint density at radius 2 is 2.67 bits per heavy atom. The summed E-state index contributed by atoms with van der Waals surface area (Å²) in [6.07, 6.45) is 3.30. The third-order valence-electron chi connectivity index (χ3n) is 1.33. The average Bonchev–Trinajstić information content (AvgIpc) is 1.86. The van der Waals surface area contributed by atoms with Crippen molar-refractivity contribution >= 4 is 11.2 Å². The molecule has 0 spiro atoms. The maximum atomic E-state index is 3.95. The Labute approximate surface area is 53.0 Å². The number of rotatable bonds is 0. The van der Waals surface area contributed by atoms with Gasteiger partial charge in [-0.2, -0.15) is 0 Å². The van der Waals surface area contributed by atoms with Crippen LogP contribution in [-0.2, 0) is 7.05 Å². The van der Waals surface area contributed by atoms with Crippen LogP contribution >= 0.6 is 0 Å². The second-order valence-electron chi connectivity index (χ2n) is 1.93. The van der Waals surface area contributed by atoms with Gasteiger partial charge >= 0.3 is 0 Å². The van der Waals surface area contributed by atoms with Crippen molar-refractivity contribution in [2.75, 3.05) is 0 Å². The van der Waals surface area contributed by atoms with Gasteiger partial charge in [0.2, 0.25) is 0 Å². The predicted molar refractivity (Wildman–Crippen MR) is 35.0 cm³/mol. The molecule has 1 N–H and O–H groups in total. The minimum Gasteiger partial charge on any atom is -0.284 e. The predicted octanol–water partition coefficient (Wildman–Crippen LogP) is 0.542. The van der Waals surface area contributed by atoms with Crippen LogP contribution in [0.2, 0.25) is 0 Å². The number of H-pyrrole nitrogens is 1. The first-order valence-electron chi connectivity index (χ1n) is 2.68. The van der Waals surface area contributed by atoms with Gasteiger partial charge in [-0.3, -0.25) is 9.78 Å². The number of hydrogen-bond acceptors (Lipinski definition) is 2. The van der Waals surface area contributed by atoms with Crippen molar-refractivity contribution in [1.29, 1.82) is 0 Å². The Kier molecular flexibility index (Phi) is 0.677. The van der Waals surface area contributed by atoms with E-state index in [4.69, 9.17) is 0 Å². The Balaban J connectivity index is 0.000000500. The van der Waals surface area contributed by atoms with Crippen LogP contribution in [0.3, 0.4) is 0 Å². The fraction of sp³-hybridized carbons (Fsp3) is 0.200. The molecule has 0 aliphatic heterocycles. The zero-order valence-corrected chi connectivity index (χ0v) is 5.00. The molecule has 2 rings (SSSR count). The van der Waals surface area contributed by atoms with Gasteiger partial charge in [0, 0.05) is 8.47 Å². The standard InChI is InChI=1S/C5H6N4.H2/c1-9-4-2-6-3-7-5(4)8-9;/h2-3H,1H3,(H,6,7,8);1H. The van der Waals surface area contributed by atoms with E-state index in [1.165, 1.54) is 6.33 Å². The van der Waals surface area contributed by atoms with E-state index in [9.17, 15) is 0 Å². The van der Waals surface area contributed by atoms with E-state index in [0.29, 0.717) is 0 Å². The molecule has 4 heteroatoms. The lowest BCUT2D eigenvalue weighted by molar-refractivity contribution is 0.746. The molecule has 0 bridgehead atoms. The highest BCUT2D eigenvalue weighted by Gasteiger charge is 1.98. The van der Waals surface area contributed by atoms with Crippen molar-refractivity contribution in [2.45, 2.75) is 0 Å². The lowest BCUT2D eigenvalue weighted by atomic mass is 10.5. The summed E-state index contributed by atoms with van der Waals surface area (Å²) in [5.74, 6) is 0. The largest absolute Gasteiger partial charge is 0.284 e. The van der Waals surface area contributed by atoms with Crippen LogP contribution in [0, 0.1) is 0 Å². The molecule has 0 saturated heterocycles. The monoisotopic (exact) mass is 124 g/mol. The van der Waals surface area contributed by atoms with Gasteiger partial charge in [0.25, 0.3) is 0 Å². The number of nitrogens with zero attached hydrogens (tertiary/aromatic N) is 3. The highest BCUT2D eigenvalue weighted by Crippen LogP contribution is 2.05. The molecule has 2 aromatic heterocycles. The molecule has 2 heterocycles. The smallest absolute Gasteiger partial charge is 0.173 e. The second kappa shape index (κ2) is 1.34. The molecular formula is C5H8N4. The summed E-state index contributed by atoms with van der Waals surface area (Å²) >= 11 is 0. The molecule has 0 saturated carbocycles. The van der Waals surface area contributed by atoms with Crippen molar-refractivity contribution in [2.24, 2.45) is 7.05 Å². The molecule has 0 atom stereocenters. The lowest BCUT2D eigenvalue weighted by Gasteiger charge is -2.07. The third-order valence-corrected chi connectivity index (χ3v) is 1.33. The molecule has 0 radical (unpaired) electrons. The van der Waals surface area contributed by atoms with Crippen LogP contribution < -0.4 is 0 Å². The Morgan fingerprint density at radius 3 is 3.22 bits per heavy atom. The zero-order chi connectivity index (χ0) is 6.27. The number of fused-ring (bicyclic) bond motifs is 1. The Hall–Kier alpha value is -1.32. The van der Waals surface area contributed by atoms with Gasteiger partial charge in [-0.1, -0.05) is 0 Å². The quantitative estimate of drug-likeness (QED) is 0.557. The summed E-state index contributed by atoms with van der Waals surface area (Å²) in [5.41, 5.74) is 1.96. The summed E-state index contributed by atoms with van der Waals surface area (Å²) in [5, 5.41) is 2.97. The molecule has 0 fully saturated rings. The van der Waals surface area contributed by atoms with Crippen molar-refractivity contribution in [3.05, 3.63) is 12.5 Å². The van der Waals surface area contributed by atoms with Crippen LogP contribution in [0.5, 0.6) is 0 Å². The van der Waals surface area contributed by atoms with E-state index in [1.54, 1.807) is 6.20 Å². The Bertz CT molecular complexity index is 323. The molecule has 4 nitrogen and oxygen atoms in total. The minimum atomic E-state index is 0. The third kappa shape index (κ3) is 0.468. The summed E-state index contributed by atoms with van der Waals surface area (Å²) in [6, 6.07) is 0. The fourth-order valence-corrected chi connectivity index (χ4v) is 0.820. The highest BCUT2D eigenvalue weighted by molar-refractivity contribution is 5.70. The van der Waals surface area contributed by atoms with Crippen molar-refractivity contribution in [1.82, 2.24) is 19.7 Å². The van der Waals surface area contributed by atoms with Gasteiger partial charge < -0.3 is 0 Å². The molecule has 0 unspecified atom stereocenters. The number of aryl methyl sites for hydroxylation is 1. The van der Waals surface area contributed by atoms with Crippen molar-refractivity contribution in [3.8, 4) is 0 Å². The zero-order valence-electron chi connectivity index (χ0n) is 5.00. The lowest BCUT2D eigenvalue weighted by Crippen LogP contribution is -2.06. The molecule has 9 heavy (non-hydrogen) atoms. The van der Waals surface area contributed by atoms with Gasteiger partial charge in [0.1, 0.15) is 11.8 Å². The first kappa shape index (κ1) is 4.55. The number of nitrogens with one attached hydrogen (secondary N) is 1. The number of hydrogen-bond donors (Lipinski definition) is 1. The van der Waals surface area contributed by atoms with Crippen molar-refractivity contribution in [3.63, 3.8) is 0 Å². The summed E-state index contributed by atoms with van der Waals surface area (Å²) in [6.45, 7) is 0. The SMILES string of the molecule is Cn1[nH]c2ncncc21.[HH]. The van der Waals surface area contributed by atoms with E-state index in [0.717, 1.165) is 11.2 Å². The summed E-state index contributed by atoms with van der Waals surface area (Å²) in [4.78, 5) is 7.81. The van der Waals surface area contributed by atoms with Gasteiger partial charge in [-0.25, -0.2) is 9.97 Å². The van der Waals surface area contributed by atoms with Crippen LogP contribution in [0.4, 0.5) is 0 Å². The molecule has 0 aromatic carbocycles. The molecule has 48 valence electrons. The van der Waals surface area contributed by atoms with Gasteiger partial charge in [0.05, 0.1) is 6.20 Å². The topological polar surface area (TPSA) is 46.5 Å². The van der Waals surface area contributed by atoms with E-state index >= 15 is 0 Å². The van der Waals surface area contributed by atoms with E-state index in [1.807, 2.05) is 11.7 Å². The van der Waals surface area contributed by atoms with Gasteiger partial charge in [-0.15, -0.1) is 0 Å². The first-order chi connectivity index (χ1) is 4.38.